The number of hydrogen-bond donors (Lipinski definition) is 2. The first-order valence-electron chi connectivity index (χ1n) is 8.77. The molecule has 128 valence electrons. The molecule has 0 saturated heterocycles. The number of benzene rings is 2. The molecule has 0 unspecified atom stereocenters. The molecule has 0 radical (unpaired) electrons. The summed E-state index contributed by atoms with van der Waals surface area (Å²) in [5, 5.41) is 13.5. The summed E-state index contributed by atoms with van der Waals surface area (Å²) in [4.78, 5) is 12.4. The van der Waals surface area contributed by atoms with Gasteiger partial charge in [0.25, 0.3) is 0 Å². The molecule has 3 nitrogen and oxygen atoms in total. The van der Waals surface area contributed by atoms with Gasteiger partial charge in [0.15, 0.2) is 0 Å². The molecule has 2 rings (SSSR count). The number of carboxylic acids is 1. The molecule has 0 bridgehead atoms. The van der Waals surface area contributed by atoms with E-state index in [1.807, 2.05) is 60.7 Å². The normalized spacial score (nSPS) is 11.4. The Morgan fingerprint density at radius 1 is 0.917 bits per heavy atom. The van der Waals surface area contributed by atoms with Crippen LogP contribution in [0.2, 0.25) is 0 Å². The SMILES string of the molecule is CCNCCCCCC(C(=O)O)(c1ccccc1)c1ccccc1. The van der Waals surface area contributed by atoms with Crippen LogP contribution in [0.1, 0.15) is 43.7 Å². The van der Waals surface area contributed by atoms with Crippen LogP contribution >= 0.6 is 0 Å². The molecular formula is C21H27NO2. The third kappa shape index (κ3) is 4.24. The van der Waals surface area contributed by atoms with Crippen molar-refractivity contribution in [2.45, 2.75) is 38.0 Å². The number of carbonyl (C=O) groups is 1. The zero-order valence-electron chi connectivity index (χ0n) is 14.4. The van der Waals surface area contributed by atoms with E-state index in [-0.39, 0.29) is 0 Å². The Morgan fingerprint density at radius 2 is 1.46 bits per heavy atom. The van der Waals surface area contributed by atoms with Crippen molar-refractivity contribution in [3.05, 3.63) is 71.8 Å². The van der Waals surface area contributed by atoms with Crippen molar-refractivity contribution < 1.29 is 9.90 Å². The Labute approximate surface area is 144 Å². The summed E-state index contributed by atoms with van der Waals surface area (Å²) in [6.07, 6.45) is 3.61. The first-order chi connectivity index (χ1) is 11.7. The minimum Gasteiger partial charge on any atom is -0.480 e. The van der Waals surface area contributed by atoms with Gasteiger partial charge in [0, 0.05) is 0 Å². The number of hydrogen-bond acceptors (Lipinski definition) is 2. The zero-order chi connectivity index (χ0) is 17.3. The third-order valence-electron chi connectivity index (χ3n) is 4.55. The highest BCUT2D eigenvalue weighted by Gasteiger charge is 2.41. The summed E-state index contributed by atoms with van der Waals surface area (Å²) in [5.41, 5.74) is 0.742. The van der Waals surface area contributed by atoms with E-state index in [9.17, 15) is 9.90 Å². The Bertz CT molecular complexity index is 571. The summed E-state index contributed by atoms with van der Waals surface area (Å²) in [6, 6.07) is 19.2. The smallest absolute Gasteiger partial charge is 0.318 e. The van der Waals surface area contributed by atoms with Gasteiger partial charge >= 0.3 is 5.97 Å². The van der Waals surface area contributed by atoms with Crippen molar-refractivity contribution in [3.8, 4) is 0 Å². The average Bonchev–Trinajstić information content (AvgIpc) is 2.62. The van der Waals surface area contributed by atoms with E-state index in [0.29, 0.717) is 6.42 Å². The topological polar surface area (TPSA) is 49.3 Å². The number of carboxylic acid groups (broad SMARTS) is 1. The van der Waals surface area contributed by atoms with E-state index in [0.717, 1.165) is 43.5 Å². The third-order valence-corrected chi connectivity index (χ3v) is 4.55. The Balaban J connectivity index is 2.25. The van der Waals surface area contributed by atoms with E-state index in [4.69, 9.17) is 0 Å². The summed E-state index contributed by atoms with van der Waals surface area (Å²) in [6.45, 7) is 4.07. The fraction of sp³-hybridized carbons (Fsp3) is 0.381. The summed E-state index contributed by atoms with van der Waals surface area (Å²) >= 11 is 0. The standard InChI is InChI=1S/C21H27NO2/c1-2-22-17-11-5-10-16-21(20(23)24,18-12-6-3-7-13-18)19-14-8-4-9-15-19/h3-4,6-9,12-15,22H,2,5,10-11,16-17H2,1H3,(H,23,24). The molecule has 2 N–H and O–H groups in total. The number of nitrogens with one attached hydrogen (secondary N) is 1. The molecule has 24 heavy (non-hydrogen) atoms. The molecule has 0 saturated carbocycles. The number of unbranched alkanes of at least 4 members (excludes halogenated alkanes) is 2. The Morgan fingerprint density at radius 3 is 1.92 bits per heavy atom. The van der Waals surface area contributed by atoms with Crippen LogP contribution in [-0.4, -0.2) is 24.2 Å². The quantitative estimate of drug-likeness (QED) is 0.643. The lowest BCUT2D eigenvalue weighted by atomic mass is 9.71. The highest BCUT2D eigenvalue weighted by Crippen LogP contribution is 2.37. The van der Waals surface area contributed by atoms with Gasteiger partial charge < -0.3 is 10.4 Å². The molecule has 0 atom stereocenters. The van der Waals surface area contributed by atoms with Crippen LogP contribution in [0.5, 0.6) is 0 Å². The predicted molar refractivity (Wildman–Crippen MR) is 98.3 cm³/mol. The van der Waals surface area contributed by atoms with Gasteiger partial charge in [-0.3, -0.25) is 4.79 Å². The molecule has 0 aliphatic rings. The van der Waals surface area contributed by atoms with Crippen molar-refractivity contribution in [3.63, 3.8) is 0 Å². The van der Waals surface area contributed by atoms with E-state index in [1.165, 1.54) is 0 Å². The maximum absolute atomic E-state index is 12.4. The van der Waals surface area contributed by atoms with Crippen molar-refractivity contribution in [2.75, 3.05) is 13.1 Å². The van der Waals surface area contributed by atoms with Gasteiger partial charge in [-0.05, 0) is 37.1 Å². The second-order valence-electron chi connectivity index (χ2n) is 6.11. The maximum Gasteiger partial charge on any atom is 0.318 e. The molecular weight excluding hydrogens is 298 g/mol. The fourth-order valence-electron chi connectivity index (χ4n) is 3.25. The molecule has 2 aromatic carbocycles. The van der Waals surface area contributed by atoms with Gasteiger partial charge in [0.2, 0.25) is 0 Å². The Hall–Kier alpha value is -2.13. The lowest BCUT2D eigenvalue weighted by molar-refractivity contribution is -0.142. The highest BCUT2D eigenvalue weighted by atomic mass is 16.4. The summed E-state index contributed by atoms with van der Waals surface area (Å²) in [5.74, 6) is -0.772. The number of aliphatic carboxylic acids is 1. The molecule has 0 spiro atoms. The van der Waals surface area contributed by atoms with Crippen molar-refractivity contribution >= 4 is 5.97 Å². The minimum absolute atomic E-state index is 0.614. The van der Waals surface area contributed by atoms with Gasteiger partial charge in [0.05, 0.1) is 0 Å². The van der Waals surface area contributed by atoms with E-state index in [1.54, 1.807) is 0 Å². The van der Waals surface area contributed by atoms with Gasteiger partial charge in [-0.15, -0.1) is 0 Å². The minimum atomic E-state index is -0.972. The van der Waals surface area contributed by atoms with Crippen LogP contribution in [0.4, 0.5) is 0 Å². The van der Waals surface area contributed by atoms with Crippen LogP contribution in [0, 0.1) is 0 Å². The van der Waals surface area contributed by atoms with Crippen LogP contribution in [0.25, 0.3) is 0 Å². The van der Waals surface area contributed by atoms with Gasteiger partial charge in [-0.1, -0.05) is 80.4 Å². The van der Waals surface area contributed by atoms with Gasteiger partial charge in [0.1, 0.15) is 5.41 Å². The zero-order valence-corrected chi connectivity index (χ0v) is 14.4. The molecule has 0 fully saturated rings. The van der Waals surface area contributed by atoms with Gasteiger partial charge in [-0.25, -0.2) is 0 Å². The van der Waals surface area contributed by atoms with Crippen LogP contribution in [-0.2, 0) is 10.2 Å². The Kier molecular flexibility index (Phi) is 7.01. The second-order valence-corrected chi connectivity index (χ2v) is 6.11. The second kappa shape index (κ2) is 9.24. The van der Waals surface area contributed by atoms with E-state index >= 15 is 0 Å². The molecule has 2 aromatic rings. The molecule has 0 aliphatic heterocycles. The molecule has 0 aromatic heterocycles. The average molecular weight is 325 g/mol. The first kappa shape index (κ1) is 18.2. The van der Waals surface area contributed by atoms with Gasteiger partial charge in [-0.2, -0.15) is 0 Å². The van der Waals surface area contributed by atoms with E-state index < -0.39 is 11.4 Å². The van der Waals surface area contributed by atoms with Crippen LogP contribution in [0.15, 0.2) is 60.7 Å². The number of rotatable bonds is 10. The van der Waals surface area contributed by atoms with Crippen LogP contribution < -0.4 is 5.32 Å². The van der Waals surface area contributed by atoms with Crippen molar-refractivity contribution in [1.82, 2.24) is 5.32 Å². The molecule has 0 heterocycles. The lowest BCUT2D eigenvalue weighted by Gasteiger charge is -2.31. The maximum atomic E-state index is 12.4. The predicted octanol–water partition coefficient (Wildman–Crippen LogP) is 4.23. The fourth-order valence-corrected chi connectivity index (χ4v) is 3.25. The van der Waals surface area contributed by atoms with E-state index in [2.05, 4.69) is 12.2 Å². The highest BCUT2D eigenvalue weighted by molar-refractivity contribution is 5.86. The summed E-state index contributed by atoms with van der Waals surface area (Å²) < 4.78 is 0. The monoisotopic (exact) mass is 325 g/mol. The largest absolute Gasteiger partial charge is 0.480 e. The van der Waals surface area contributed by atoms with Crippen molar-refractivity contribution in [2.24, 2.45) is 0 Å². The first-order valence-corrected chi connectivity index (χ1v) is 8.77. The lowest BCUT2D eigenvalue weighted by Crippen LogP contribution is -2.37. The molecule has 0 aliphatic carbocycles. The molecule has 0 amide bonds. The summed E-state index contributed by atoms with van der Waals surface area (Å²) in [7, 11) is 0. The molecule has 3 heteroatoms. The van der Waals surface area contributed by atoms with Crippen LogP contribution in [0.3, 0.4) is 0 Å². The van der Waals surface area contributed by atoms with Crippen molar-refractivity contribution in [1.29, 1.82) is 0 Å².